The van der Waals surface area contributed by atoms with Crippen LogP contribution in [0.4, 0.5) is 4.79 Å². The van der Waals surface area contributed by atoms with Gasteiger partial charge >= 0.3 is 6.09 Å². The van der Waals surface area contributed by atoms with E-state index in [0.29, 0.717) is 5.92 Å². The molecule has 0 N–H and O–H groups in total. The molecule has 0 aromatic rings. The summed E-state index contributed by atoms with van der Waals surface area (Å²) in [5.74, 6) is 0.631. The van der Waals surface area contributed by atoms with Gasteiger partial charge in [0.25, 0.3) is 0 Å². The second kappa shape index (κ2) is 16.6. The highest BCUT2D eigenvalue weighted by Crippen LogP contribution is 2.25. The summed E-state index contributed by atoms with van der Waals surface area (Å²) in [5, 5.41) is 0. The van der Waals surface area contributed by atoms with Crippen LogP contribution in [0, 0.1) is 5.92 Å². The summed E-state index contributed by atoms with van der Waals surface area (Å²) < 4.78 is 5.42. The van der Waals surface area contributed by atoms with Crippen LogP contribution in [0.3, 0.4) is 0 Å². The average Bonchev–Trinajstić information content (AvgIpc) is 2.63. The van der Waals surface area contributed by atoms with Gasteiger partial charge in [-0.15, -0.1) is 0 Å². The van der Waals surface area contributed by atoms with E-state index < -0.39 is 5.60 Å². The minimum atomic E-state index is -0.417. The van der Waals surface area contributed by atoms with Gasteiger partial charge in [-0.05, 0) is 58.4 Å². The summed E-state index contributed by atoms with van der Waals surface area (Å²) >= 11 is 0. The van der Waals surface area contributed by atoms with Crippen molar-refractivity contribution in [1.82, 2.24) is 4.90 Å². The Bertz CT molecular complexity index is 434. The molecule has 0 atom stereocenters. The highest BCUT2D eigenvalue weighted by molar-refractivity contribution is 5.68. The molecule has 0 radical (unpaired) electrons. The van der Waals surface area contributed by atoms with Crippen molar-refractivity contribution < 1.29 is 9.53 Å². The first-order valence-corrected chi connectivity index (χ1v) is 10.7. The van der Waals surface area contributed by atoms with E-state index in [1.165, 1.54) is 18.4 Å². The number of carbonyl (C=O) groups is 1. The van der Waals surface area contributed by atoms with Crippen molar-refractivity contribution in [1.29, 1.82) is 0 Å². The molecule has 0 saturated carbocycles. The van der Waals surface area contributed by atoms with Crippen LogP contribution in [0.2, 0.25) is 0 Å². The van der Waals surface area contributed by atoms with Gasteiger partial charge in [-0.1, -0.05) is 71.4 Å². The van der Waals surface area contributed by atoms with Crippen LogP contribution in [0.15, 0.2) is 36.5 Å². The fraction of sp³-hybridized carbons (Fsp3) is 0.708. The van der Waals surface area contributed by atoms with E-state index >= 15 is 0 Å². The number of hydrogen-bond acceptors (Lipinski definition) is 2. The molecule has 0 aromatic carbocycles. The van der Waals surface area contributed by atoms with Crippen molar-refractivity contribution in [2.45, 2.75) is 93.1 Å². The lowest BCUT2D eigenvalue weighted by Gasteiger charge is -2.33. The molecule has 1 saturated heterocycles. The quantitative estimate of drug-likeness (QED) is 0.462. The molecule has 1 aliphatic rings. The number of rotatable bonds is 5. The number of amides is 1. The Morgan fingerprint density at radius 2 is 1.67 bits per heavy atom. The lowest BCUT2D eigenvalue weighted by atomic mass is 9.90. The summed E-state index contributed by atoms with van der Waals surface area (Å²) in [6, 6.07) is 0. The summed E-state index contributed by atoms with van der Waals surface area (Å²) in [6.07, 6.45) is 13.7. The van der Waals surface area contributed by atoms with E-state index in [-0.39, 0.29) is 6.09 Å². The van der Waals surface area contributed by atoms with E-state index in [2.05, 4.69) is 38.7 Å². The van der Waals surface area contributed by atoms with Crippen molar-refractivity contribution in [2.75, 3.05) is 13.1 Å². The fourth-order valence-corrected chi connectivity index (χ4v) is 2.54. The molecule has 1 fully saturated rings. The third-order valence-corrected chi connectivity index (χ3v) is 4.00. The number of hydrogen-bond donors (Lipinski definition) is 0. The van der Waals surface area contributed by atoms with Crippen molar-refractivity contribution in [3.8, 4) is 0 Å². The van der Waals surface area contributed by atoms with Gasteiger partial charge in [-0.3, -0.25) is 0 Å². The van der Waals surface area contributed by atoms with Gasteiger partial charge in [-0.25, -0.2) is 4.79 Å². The van der Waals surface area contributed by atoms with Crippen LogP contribution in [0.25, 0.3) is 0 Å². The van der Waals surface area contributed by atoms with E-state index in [1.54, 1.807) is 0 Å². The Morgan fingerprint density at radius 1 is 1.15 bits per heavy atom. The third kappa shape index (κ3) is 15.3. The van der Waals surface area contributed by atoms with Crippen LogP contribution in [-0.2, 0) is 4.74 Å². The molecule has 1 amide bonds. The molecular formula is C24H45NO2. The maximum Gasteiger partial charge on any atom is 0.410 e. The molecule has 0 aliphatic carbocycles. The average molecular weight is 380 g/mol. The number of likely N-dealkylation sites (tertiary alicyclic amines) is 1. The van der Waals surface area contributed by atoms with Gasteiger partial charge in [0.1, 0.15) is 5.60 Å². The van der Waals surface area contributed by atoms with Crippen LogP contribution >= 0.6 is 0 Å². The van der Waals surface area contributed by atoms with Crippen molar-refractivity contribution >= 4 is 6.09 Å². The molecule has 0 bridgehead atoms. The van der Waals surface area contributed by atoms with Gasteiger partial charge in [0.15, 0.2) is 0 Å². The minimum Gasteiger partial charge on any atom is -0.444 e. The Hall–Kier alpha value is -1.51. The van der Waals surface area contributed by atoms with Gasteiger partial charge in [0, 0.05) is 13.1 Å². The van der Waals surface area contributed by atoms with Crippen molar-refractivity contribution in [2.24, 2.45) is 5.92 Å². The molecule has 27 heavy (non-hydrogen) atoms. The number of nitrogens with zero attached hydrogens (tertiary/aromatic N) is 1. The van der Waals surface area contributed by atoms with Crippen LogP contribution in [0.1, 0.15) is 87.5 Å². The van der Waals surface area contributed by atoms with E-state index in [9.17, 15) is 4.79 Å². The van der Waals surface area contributed by atoms with Crippen LogP contribution in [-0.4, -0.2) is 29.7 Å². The predicted molar refractivity (Wildman–Crippen MR) is 120 cm³/mol. The first-order chi connectivity index (χ1) is 12.8. The van der Waals surface area contributed by atoms with Crippen LogP contribution in [0.5, 0.6) is 0 Å². The largest absolute Gasteiger partial charge is 0.444 e. The molecule has 1 rings (SSSR count). The molecule has 1 aliphatic heterocycles. The lowest BCUT2D eigenvalue weighted by Crippen LogP contribution is -2.41. The number of unbranched alkanes of at least 4 members (excludes halogenated alkanes) is 1. The van der Waals surface area contributed by atoms with Crippen LogP contribution < -0.4 is 0 Å². The number of piperidine rings is 1. The second-order valence-electron chi connectivity index (χ2n) is 7.59. The number of allylic oxidation sites excluding steroid dienone is 5. The molecule has 0 aromatic heterocycles. The van der Waals surface area contributed by atoms with Gasteiger partial charge in [0.2, 0.25) is 0 Å². The molecule has 0 unspecified atom stereocenters. The zero-order valence-corrected chi connectivity index (χ0v) is 19.3. The first kappa shape index (κ1) is 27.7. The topological polar surface area (TPSA) is 29.5 Å². The Balaban J connectivity index is 0. The molecule has 0 spiro atoms. The summed E-state index contributed by atoms with van der Waals surface area (Å²) in [7, 11) is 0. The Labute approximate surface area is 169 Å². The monoisotopic (exact) mass is 379 g/mol. The van der Waals surface area contributed by atoms with E-state index in [0.717, 1.165) is 32.4 Å². The van der Waals surface area contributed by atoms with E-state index in [4.69, 9.17) is 4.74 Å². The predicted octanol–water partition coefficient (Wildman–Crippen LogP) is 7.54. The molecule has 3 nitrogen and oxygen atoms in total. The summed E-state index contributed by atoms with van der Waals surface area (Å²) in [6.45, 7) is 21.4. The zero-order chi connectivity index (χ0) is 21.3. The molecule has 158 valence electrons. The third-order valence-electron chi connectivity index (χ3n) is 4.00. The molecular weight excluding hydrogens is 334 g/mol. The SMILES string of the molecule is C=C/C=C(\C=C/C)CC1CCN(C(=O)OC(C)(C)C)CC1.CC.CCCC. The molecule has 1 heterocycles. The highest BCUT2D eigenvalue weighted by atomic mass is 16.6. The van der Waals surface area contributed by atoms with Gasteiger partial charge < -0.3 is 9.64 Å². The van der Waals surface area contributed by atoms with E-state index in [1.807, 2.05) is 52.5 Å². The summed E-state index contributed by atoms with van der Waals surface area (Å²) in [5.41, 5.74) is 0.892. The fourth-order valence-electron chi connectivity index (χ4n) is 2.54. The van der Waals surface area contributed by atoms with Gasteiger partial charge in [-0.2, -0.15) is 0 Å². The van der Waals surface area contributed by atoms with Crippen molar-refractivity contribution in [3.05, 3.63) is 36.5 Å². The maximum absolute atomic E-state index is 12.0. The first-order valence-electron chi connectivity index (χ1n) is 10.7. The van der Waals surface area contributed by atoms with Crippen molar-refractivity contribution in [3.63, 3.8) is 0 Å². The maximum atomic E-state index is 12.0. The Morgan fingerprint density at radius 3 is 2.04 bits per heavy atom. The molecule has 3 heteroatoms. The zero-order valence-electron chi connectivity index (χ0n) is 19.3. The minimum absolute atomic E-state index is 0.184. The lowest BCUT2D eigenvalue weighted by molar-refractivity contribution is 0.0184. The number of carbonyl (C=O) groups excluding carboxylic acids is 1. The highest BCUT2D eigenvalue weighted by Gasteiger charge is 2.26. The summed E-state index contributed by atoms with van der Waals surface area (Å²) in [4.78, 5) is 13.8. The number of ether oxygens (including phenoxy) is 1. The van der Waals surface area contributed by atoms with Gasteiger partial charge in [0.05, 0.1) is 0 Å². The normalized spacial score (nSPS) is 15.4. The Kier molecular flexibility index (Phi) is 17.1. The second-order valence-corrected chi connectivity index (χ2v) is 7.59. The standard InChI is InChI=1S/C18H29NO2.C4H10.C2H6/c1-6-8-15(9-7-2)14-16-10-12-19(13-11-16)17(20)21-18(3,4)5;1-3-4-2;1-2/h6-9,16H,1,10-14H2,2-5H3;3-4H2,1-2H3;1-2H3/b9-7-,15-8+;;. The smallest absolute Gasteiger partial charge is 0.410 e.